The number of amides is 1. The van der Waals surface area contributed by atoms with Gasteiger partial charge in [0.1, 0.15) is 15.8 Å². The molecule has 0 radical (unpaired) electrons. The first-order chi connectivity index (χ1) is 16.7. The SMILES string of the molecule is Cc1cc(-c2nn(-c3ccccc3)cc2/C=C2\SC(=S)N(CCC(=O)O)C2=O)ccc1OC(C)C. The number of benzene rings is 2. The molecular weight excluding hydrogens is 482 g/mol. The van der Waals surface area contributed by atoms with Crippen LogP contribution in [0.1, 0.15) is 31.4 Å². The van der Waals surface area contributed by atoms with Crippen LogP contribution in [0.5, 0.6) is 5.75 Å². The van der Waals surface area contributed by atoms with Crippen molar-refractivity contribution >= 4 is 46.3 Å². The lowest BCUT2D eigenvalue weighted by Crippen LogP contribution is -2.30. The largest absolute Gasteiger partial charge is 0.491 e. The van der Waals surface area contributed by atoms with Gasteiger partial charge in [-0.15, -0.1) is 0 Å². The number of para-hydroxylation sites is 1. The highest BCUT2D eigenvalue weighted by molar-refractivity contribution is 8.26. The fourth-order valence-corrected chi connectivity index (χ4v) is 4.95. The van der Waals surface area contributed by atoms with E-state index in [1.165, 1.54) is 16.7 Å². The maximum atomic E-state index is 13.0. The smallest absolute Gasteiger partial charge is 0.305 e. The van der Waals surface area contributed by atoms with Gasteiger partial charge in [-0.3, -0.25) is 14.5 Å². The maximum Gasteiger partial charge on any atom is 0.305 e. The Labute approximate surface area is 213 Å². The number of hydrogen-bond donors (Lipinski definition) is 1. The average molecular weight is 508 g/mol. The predicted molar refractivity (Wildman–Crippen MR) is 142 cm³/mol. The highest BCUT2D eigenvalue weighted by Gasteiger charge is 2.32. The molecule has 1 fully saturated rings. The van der Waals surface area contributed by atoms with Gasteiger partial charge in [-0.25, -0.2) is 4.68 Å². The number of nitrogens with zero attached hydrogens (tertiary/aromatic N) is 3. The third-order valence-electron chi connectivity index (χ3n) is 5.28. The zero-order valence-electron chi connectivity index (χ0n) is 19.6. The van der Waals surface area contributed by atoms with Gasteiger partial charge >= 0.3 is 5.97 Å². The van der Waals surface area contributed by atoms with Gasteiger partial charge in [0, 0.05) is 23.9 Å². The number of aryl methyl sites for hydroxylation is 1. The van der Waals surface area contributed by atoms with Crippen LogP contribution in [-0.2, 0) is 9.59 Å². The van der Waals surface area contributed by atoms with Crippen molar-refractivity contribution in [2.45, 2.75) is 33.3 Å². The molecule has 35 heavy (non-hydrogen) atoms. The Morgan fingerprint density at radius 3 is 2.63 bits per heavy atom. The summed E-state index contributed by atoms with van der Waals surface area (Å²) in [6, 6.07) is 15.6. The molecule has 0 saturated carbocycles. The summed E-state index contributed by atoms with van der Waals surface area (Å²) in [5.74, 6) is -0.460. The lowest BCUT2D eigenvalue weighted by atomic mass is 10.0. The summed E-state index contributed by atoms with van der Waals surface area (Å²) in [6.45, 7) is 6.01. The van der Waals surface area contributed by atoms with E-state index < -0.39 is 5.97 Å². The van der Waals surface area contributed by atoms with Crippen LogP contribution in [0.25, 0.3) is 23.0 Å². The normalized spacial score (nSPS) is 14.9. The standard InChI is InChI=1S/C26H25N3O4S2/c1-16(2)33-21-10-9-18(13-17(21)3)24-19(15-29(27-24)20-7-5-4-6-8-20)14-22-25(32)28(26(34)35-22)12-11-23(30)31/h4-10,13-16H,11-12H2,1-3H3,(H,30,31)/b22-14-. The molecule has 1 saturated heterocycles. The van der Waals surface area contributed by atoms with Crippen molar-refractivity contribution in [3.8, 4) is 22.7 Å². The molecule has 2 aromatic carbocycles. The van der Waals surface area contributed by atoms with Crippen LogP contribution < -0.4 is 4.74 Å². The van der Waals surface area contributed by atoms with E-state index >= 15 is 0 Å². The fraction of sp³-hybridized carbons (Fsp3) is 0.231. The van der Waals surface area contributed by atoms with Crippen molar-refractivity contribution in [2.75, 3.05) is 6.54 Å². The lowest BCUT2D eigenvalue weighted by Gasteiger charge is -2.13. The van der Waals surface area contributed by atoms with Crippen LogP contribution in [0.15, 0.2) is 59.6 Å². The van der Waals surface area contributed by atoms with Gasteiger partial charge in [0.05, 0.1) is 23.1 Å². The van der Waals surface area contributed by atoms with E-state index in [9.17, 15) is 9.59 Å². The minimum atomic E-state index is -0.977. The number of ether oxygens (including phenoxy) is 1. The average Bonchev–Trinajstić information content (AvgIpc) is 3.35. The minimum Gasteiger partial charge on any atom is -0.491 e. The van der Waals surface area contributed by atoms with Gasteiger partial charge in [-0.2, -0.15) is 5.10 Å². The van der Waals surface area contributed by atoms with Crippen molar-refractivity contribution in [1.29, 1.82) is 0 Å². The fourth-order valence-electron chi connectivity index (χ4n) is 3.65. The van der Waals surface area contributed by atoms with Gasteiger partial charge in [-0.05, 0) is 62.7 Å². The van der Waals surface area contributed by atoms with E-state index in [0.29, 0.717) is 14.9 Å². The van der Waals surface area contributed by atoms with Crippen molar-refractivity contribution in [1.82, 2.24) is 14.7 Å². The molecule has 9 heteroatoms. The van der Waals surface area contributed by atoms with E-state index in [-0.39, 0.29) is 25.0 Å². The molecule has 1 aliphatic heterocycles. The number of aromatic nitrogens is 2. The number of carboxylic acids is 1. The summed E-state index contributed by atoms with van der Waals surface area (Å²) in [6.07, 6.45) is 3.55. The molecule has 4 rings (SSSR count). The molecule has 1 aliphatic rings. The second-order valence-corrected chi connectivity index (χ2v) is 10.0. The number of carboxylic acid groups (broad SMARTS) is 1. The quantitative estimate of drug-likeness (QED) is 0.327. The number of hydrogen-bond acceptors (Lipinski definition) is 6. The van der Waals surface area contributed by atoms with E-state index in [0.717, 1.165) is 28.1 Å². The zero-order chi connectivity index (χ0) is 25.1. The first kappa shape index (κ1) is 24.7. The molecule has 7 nitrogen and oxygen atoms in total. The molecule has 1 aromatic heterocycles. The van der Waals surface area contributed by atoms with E-state index in [2.05, 4.69) is 0 Å². The van der Waals surface area contributed by atoms with Crippen LogP contribution >= 0.6 is 24.0 Å². The van der Waals surface area contributed by atoms with Crippen LogP contribution in [-0.4, -0.2) is 48.6 Å². The highest BCUT2D eigenvalue weighted by Crippen LogP contribution is 2.35. The predicted octanol–water partition coefficient (Wildman–Crippen LogP) is 5.31. The maximum absolute atomic E-state index is 13.0. The zero-order valence-corrected chi connectivity index (χ0v) is 21.2. The molecule has 0 aliphatic carbocycles. The van der Waals surface area contributed by atoms with Gasteiger partial charge in [0.2, 0.25) is 0 Å². The third-order valence-corrected chi connectivity index (χ3v) is 6.66. The lowest BCUT2D eigenvalue weighted by molar-refractivity contribution is -0.137. The van der Waals surface area contributed by atoms with Crippen molar-refractivity contribution in [3.05, 3.63) is 70.8 Å². The molecule has 0 atom stereocenters. The van der Waals surface area contributed by atoms with Crippen LogP contribution in [0.4, 0.5) is 0 Å². The van der Waals surface area contributed by atoms with Crippen molar-refractivity contribution in [2.24, 2.45) is 0 Å². The Hall–Kier alpha value is -3.43. The number of aliphatic carboxylic acids is 1. The molecule has 3 aromatic rings. The summed E-state index contributed by atoms with van der Waals surface area (Å²) >= 11 is 6.50. The summed E-state index contributed by atoms with van der Waals surface area (Å²) in [7, 11) is 0. The Kier molecular flexibility index (Phi) is 7.37. The van der Waals surface area contributed by atoms with Crippen LogP contribution in [0, 0.1) is 6.92 Å². The van der Waals surface area contributed by atoms with Crippen molar-refractivity contribution in [3.63, 3.8) is 0 Å². The molecular formula is C26H25N3O4S2. The summed E-state index contributed by atoms with van der Waals surface area (Å²) < 4.78 is 8.01. The number of carbonyl (C=O) groups is 2. The Balaban J connectivity index is 1.75. The first-order valence-electron chi connectivity index (χ1n) is 11.1. The Morgan fingerprint density at radius 2 is 1.97 bits per heavy atom. The molecule has 0 unspecified atom stereocenters. The molecule has 1 N–H and O–H groups in total. The minimum absolute atomic E-state index is 0.0456. The number of thioether (sulfide) groups is 1. The highest BCUT2D eigenvalue weighted by atomic mass is 32.2. The summed E-state index contributed by atoms with van der Waals surface area (Å²) in [5.41, 5.74) is 4.23. The van der Waals surface area contributed by atoms with Crippen LogP contribution in [0.3, 0.4) is 0 Å². The van der Waals surface area contributed by atoms with Gasteiger partial charge in [0.25, 0.3) is 5.91 Å². The van der Waals surface area contributed by atoms with Gasteiger partial charge in [0.15, 0.2) is 0 Å². The summed E-state index contributed by atoms with van der Waals surface area (Å²) in [5, 5.41) is 13.8. The Morgan fingerprint density at radius 1 is 1.23 bits per heavy atom. The topological polar surface area (TPSA) is 84.7 Å². The molecule has 0 bridgehead atoms. The molecule has 0 spiro atoms. The first-order valence-corrected chi connectivity index (χ1v) is 12.4. The molecule has 180 valence electrons. The van der Waals surface area contributed by atoms with Gasteiger partial charge in [-0.1, -0.05) is 42.2 Å². The third kappa shape index (κ3) is 5.63. The second-order valence-electron chi connectivity index (χ2n) is 8.34. The number of thiocarbonyl (C=S) groups is 1. The van der Waals surface area contributed by atoms with E-state index in [1.54, 1.807) is 10.8 Å². The molecule has 2 heterocycles. The van der Waals surface area contributed by atoms with E-state index in [1.807, 2.05) is 75.5 Å². The summed E-state index contributed by atoms with van der Waals surface area (Å²) in [4.78, 5) is 25.7. The van der Waals surface area contributed by atoms with E-state index in [4.69, 9.17) is 27.2 Å². The molecule has 1 amide bonds. The number of carbonyl (C=O) groups excluding carboxylic acids is 1. The van der Waals surface area contributed by atoms with Crippen LogP contribution in [0.2, 0.25) is 0 Å². The van der Waals surface area contributed by atoms with Gasteiger partial charge < -0.3 is 9.84 Å². The number of rotatable bonds is 8. The second kappa shape index (κ2) is 10.5. The monoisotopic (exact) mass is 507 g/mol. The van der Waals surface area contributed by atoms with Crippen molar-refractivity contribution < 1.29 is 19.4 Å². The Bertz CT molecular complexity index is 1320.